The maximum Gasteiger partial charge on any atom is 0.251 e. The van der Waals surface area contributed by atoms with Crippen molar-refractivity contribution >= 4 is 17.5 Å². The van der Waals surface area contributed by atoms with Crippen LogP contribution in [0.1, 0.15) is 23.7 Å². The second-order valence-electron chi connectivity index (χ2n) is 4.52. The van der Waals surface area contributed by atoms with Crippen molar-refractivity contribution in [2.75, 3.05) is 33.0 Å². The molecule has 0 aliphatic heterocycles. The van der Waals surface area contributed by atoms with Crippen LogP contribution in [0, 0.1) is 0 Å². The number of amides is 2. The van der Waals surface area contributed by atoms with E-state index in [0.717, 1.165) is 0 Å². The van der Waals surface area contributed by atoms with Gasteiger partial charge in [0.1, 0.15) is 5.75 Å². The van der Waals surface area contributed by atoms with Gasteiger partial charge in [0.25, 0.3) is 5.91 Å². The summed E-state index contributed by atoms with van der Waals surface area (Å²) in [6.07, 6.45) is 0.263. The highest BCUT2D eigenvalue weighted by Crippen LogP contribution is 2.18. The van der Waals surface area contributed by atoms with Gasteiger partial charge >= 0.3 is 0 Å². The molecule has 2 amide bonds. The van der Waals surface area contributed by atoms with Gasteiger partial charge in [-0.15, -0.1) is 0 Å². The number of ether oxygens (including phenoxy) is 1. The highest BCUT2D eigenvalue weighted by Gasteiger charge is 2.10. The highest BCUT2D eigenvalue weighted by molar-refractivity contribution is 5.95. The summed E-state index contributed by atoms with van der Waals surface area (Å²) >= 11 is 0. The van der Waals surface area contributed by atoms with E-state index >= 15 is 0 Å². The third-order valence-electron chi connectivity index (χ3n) is 2.63. The molecule has 0 fully saturated rings. The highest BCUT2D eigenvalue weighted by atomic mass is 16.5. The van der Waals surface area contributed by atoms with Crippen LogP contribution in [-0.2, 0) is 4.79 Å². The molecule has 0 aliphatic carbocycles. The van der Waals surface area contributed by atoms with E-state index in [2.05, 4.69) is 5.32 Å². The fourth-order valence-corrected chi connectivity index (χ4v) is 1.61. The molecule has 1 rings (SSSR count). The van der Waals surface area contributed by atoms with Gasteiger partial charge in [-0.2, -0.15) is 0 Å². The predicted molar refractivity (Wildman–Crippen MR) is 77.7 cm³/mol. The quantitative estimate of drug-likeness (QED) is 0.757. The molecular formula is C14H21N3O3. The summed E-state index contributed by atoms with van der Waals surface area (Å²) in [5, 5.41) is 2.68. The van der Waals surface area contributed by atoms with Crippen molar-refractivity contribution in [2.45, 2.75) is 13.3 Å². The van der Waals surface area contributed by atoms with Crippen molar-refractivity contribution in [1.82, 2.24) is 10.2 Å². The van der Waals surface area contributed by atoms with Crippen molar-refractivity contribution in [2.24, 2.45) is 0 Å². The molecule has 6 nitrogen and oxygen atoms in total. The monoisotopic (exact) mass is 279 g/mol. The summed E-state index contributed by atoms with van der Waals surface area (Å²) in [5.74, 6) is 0.250. The van der Waals surface area contributed by atoms with Gasteiger partial charge in [-0.1, -0.05) is 0 Å². The zero-order valence-electron chi connectivity index (χ0n) is 12.1. The molecule has 0 aliphatic rings. The van der Waals surface area contributed by atoms with Crippen LogP contribution in [0.3, 0.4) is 0 Å². The average molecular weight is 279 g/mol. The normalized spacial score (nSPS) is 9.95. The van der Waals surface area contributed by atoms with E-state index < -0.39 is 0 Å². The number of carbonyl (C=O) groups is 2. The molecule has 0 spiro atoms. The fraction of sp³-hybridized carbons (Fsp3) is 0.429. The van der Waals surface area contributed by atoms with Crippen LogP contribution in [0.15, 0.2) is 18.2 Å². The van der Waals surface area contributed by atoms with Gasteiger partial charge in [0.2, 0.25) is 5.91 Å². The van der Waals surface area contributed by atoms with Crippen LogP contribution < -0.4 is 15.8 Å². The van der Waals surface area contributed by atoms with E-state index in [0.29, 0.717) is 23.6 Å². The van der Waals surface area contributed by atoms with Gasteiger partial charge in [0, 0.05) is 44.4 Å². The number of carbonyl (C=O) groups excluding carboxylic acids is 2. The second kappa shape index (κ2) is 7.37. The molecule has 110 valence electrons. The Hall–Kier alpha value is -2.24. The molecule has 3 N–H and O–H groups in total. The average Bonchev–Trinajstić information content (AvgIpc) is 2.38. The Bertz CT molecular complexity index is 487. The minimum atomic E-state index is -0.273. The smallest absolute Gasteiger partial charge is 0.251 e. The molecule has 20 heavy (non-hydrogen) atoms. The Balaban J connectivity index is 2.61. The Morgan fingerprint density at radius 2 is 2.00 bits per heavy atom. The Morgan fingerprint density at radius 3 is 2.60 bits per heavy atom. The Labute approximate surface area is 118 Å². The standard InChI is InChI=1S/C14H21N3O3/c1-4-20-12-8-10(7-11(15)9-12)14(19)16-6-5-13(18)17(2)3/h7-9H,4-6,15H2,1-3H3,(H,16,19). The number of rotatable bonds is 6. The minimum Gasteiger partial charge on any atom is -0.494 e. The number of nitrogens with zero attached hydrogens (tertiary/aromatic N) is 1. The lowest BCUT2D eigenvalue weighted by Gasteiger charge is -2.11. The summed E-state index contributed by atoms with van der Waals surface area (Å²) in [6.45, 7) is 2.65. The zero-order chi connectivity index (χ0) is 15.1. The van der Waals surface area contributed by atoms with Crippen LogP contribution in [0.2, 0.25) is 0 Å². The third-order valence-corrected chi connectivity index (χ3v) is 2.63. The Morgan fingerprint density at radius 1 is 1.30 bits per heavy atom. The molecule has 0 bridgehead atoms. The summed E-state index contributed by atoms with van der Waals surface area (Å²) in [7, 11) is 3.35. The molecule has 0 saturated heterocycles. The first-order valence-corrected chi connectivity index (χ1v) is 6.45. The number of hydrogen-bond donors (Lipinski definition) is 2. The SMILES string of the molecule is CCOc1cc(N)cc(C(=O)NCCC(=O)N(C)C)c1. The fourth-order valence-electron chi connectivity index (χ4n) is 1.61. The van der Waals surface area contributed by atoms with E-state index in [9.17, 15) is 9.59 Å². The van der Waals surface area contributed by atoms with Crippen LogP contribution in [-0.4, -0.2) is 44.0 Å². The largest absolute Gasteiger partial charge is 0.494 e. The van der Waals surface area contributed by atoms with E-state index in [1.807, 2.05) is 6.92 Å². The predicted octanol–water partition coefficient (Wildman–Crippen LogP) is 0.876. The first-order valence-electron chi connectivity index (χ1n) is 6.45. The minimum absolute atomic E-state index is 0.0344. The summed E-state index contributed by atoms with van der Waals surface area (Å²) in [6, 6.07) is 4.87. The lowest BCUT2D eigenvalue weighted by atomic mass is 10.1. The van der Waals surface area contributed by atoms with Crippen LogP contribution in [0.5, 0.6) is 5.75 Å². The topological polar surface area (TPSA) is 84.7 Å². The molecule has 0 unspecified atom stereocenters. The molecule has 0 aromatic heterocycles. The number of nitrogens with two attached hydrogens (primary N) is 1. The van der Waals surface area contributed by atoms with E-state index in [1.54, 1.807) is 32.3 Å². The number of anilines is 1. The summed E-state index contributed by atoms with van der Waals surface area (Å²) in [5.41, 5.74) is 6.61. The summed E-state index contributed by atoms with van der Waals surface area (Å²) < 4.78 is 5.33. The molecule has 0 atom stereocenters. The van der Waals surface area contributed by atoms with Crippen molar-refractivity contribution < 1.29 is 14.3 Å². The van der Waals surface area contributed by atoms with Gasteiger partial charge in [-0.3, -0.25) is 9.59 Å². The molecule has 1 aromatic carbocycles. The van der Waals surface area contributed by atoms with Gasteiger partial charge in [0.05, 0.1) is 6.61 Å². The van der Waals surface area contributed by atoms with Crippen molar-refractivity contribution in [3.05, 3.63) is 23.8 Å². The van der Waals surface area contributed by atoms with Crippen LogP contribution >= 0.6 is 0 Å². The molecule has 1 aromatic rings. The lowest BCUT2D eigenvalue weighted by Crippen LogP contribution is -2.30. The molecule has 0 saturated carbocycles. The second-order valence-corrected chi connectivity index (χ2v) is 4.52. The van der Waals surface area contributed by atoms with Crippen molar-refractivity contribution in [1.29, 1.82) is 0 Å². The maximum absolute atomic E-state index is 12.0. The van der Waals surface area contributed by atoms with E-state index in [1.165, 1.54) is 4.90 Å². The third kappa shape index (κ3) is 4.79. The van der Waals surface area contributed by atoms with Crippen molar-refractivity contribution in [3.63, 3.8) is 0 Å². The van der Waals surface area contributed by atoms with Gasteiger partial charge in [0.15, 0.2) is 0 Å². The molecule has 0 heterocycles. The first-order chi connectivity index (χ1) is 9.43. The molecular weight excluding hydrogens is 258 g/mol. The number of nitrogens with one attached hydrogen (secondary N) is 1. The van der Waals surface area contributed by atoms with Crippen molar-refractivity contribution in [3.8, 4) is 5.75 Å². The molecule has 0 radical (unpaired) electrons. The maximum atomic E-state index is 12.0. The lowest BCUT2D eigenvalue weighted by molar-refractivity contribution is -0.128. The van der Waals surface area contributed by atoms with Gasteiger partial charge < -0.3 is 20.7 Å². The number of nitrogen functional groups attached to an aromatic ring is 1. The van der Waals surface area contributed by atoms with E-state index in [4.69, 9.17) is 10.5 Å². The number of hydrogen-bond acceptors (Lipinski definition) is 4. The number of benzene rings is 1. The molecule has 6 heteroatoms. The van der Waals surface area contributed by atoms with Crippen LogP contribution in [0.25, 0.3) is 0 Å². The Kier molecular flexibility index (Phi) is 5.83. The summed E-state index contributed by atoms with van der Waals surface area (Å²) in [4.78, 5) is 24.8. The van der Waals surface area contributed by atoms with Crippen LogP contribution in [0.4, 0.5) is 5.69 Å². The van der Waals surface area contributed by atoms with E-state index in [-0.39, 0.29) is 24.8 Å². The zero-order valence-corrected chi connectivity index (χ0v) is 12.1. The first kappa shape index (κ1) is 15.8. The van der Waals surface area contributed by atoms with Gasteiger partial charge in [-0.05, 0) is 19.1 Å². The van der Waals surface area contributed by atoms with Gasteiger partial charge in [-0.25, -0.2) is 0 Å².